The van der Waals surface area contributed by atoms with Gasteiger partial charge in [0.25, 0.3) is 5.91 Å². The van der Waals surface area contributed by atoms with Crippen LogP contribution in [-0.4, -0.2) is 47.7 Å². The molecule has 8 heteroatoms. The molecule has 1 aliphatic heterocycles. The Hall–Kier alpha value is -2.61. The highest BCUT2D eigenvalue weighted by molar-refractivity contribution is 6.03. The van der Waals surface area contributed by atoms with Gasteiger partial charge in [0.1, 0.15) is 11.5 Å². The average molecular weight is 345 g/mol. The number of piperidine rings is 1. The van der Waals surface area contributed by atoms with Crippen molar-refractivity contribution in [2.75, 3.05) is 32.1 Å². The van der Waals surface area contributed by atoms with E-state index >= 15 is 0 Å². The summed E-state index contributed by atoms with van der Waals surface area (Å²) in [6.07, 6.45) is 3.66. The van der Waals surface area contributed by atoms with Crippen LogP contribution in [0.15, 0.2) is 24.4 Å². The van der Waals surface area contributed by atoms with Crippen molar-refractivity contribution >= 4 is 11.6 Å². The molecule has 1 aliphatic rings. The number of hydrogen-bond donors (Lipinski definition) is 2. The highest BCUT2D eigenvalue weighted by atomic mass is 16.5. The Labute approximate surface area is 146 Å². The minimum Gasteiger partial charge on any atom is -0.497 e. The van der Waals surface area contributed by atoms with E-state index in [1.54, 1.807) is 36.2 Å². The molecule has 1 aromatic heterocycles. The van der Waals surface area contributed by atoms with Crippen LogP contribution in [-0.2, 0) is 0 Å². The normalized spacial score (nSPS) is 15.0. The monoisotopic (exact) mass is 345 g/mol. The van der Waals surface area contributed by atoms with Gasteiger partial charge in [-0.15, -0.1) is 5.10 Å². The van der Waals surface area contributed by atoms with Gasteiger partial charge in [-0.2, -0.15) is 0 Å². The first-order chi connectivity index (χ1) is 12.2. The Bertz CT molecular complexity index is 725. The van der Waals surface area contributed by atoms with Crippen molar-refractivity contribution in [3.63, 3.8) is 0 Å². The van der Waals surface area contributed by atoms with Crippen molar-refractivity contribution in [2.45, 2.75) is 25.8 Å². The Morgan fingerprint density at radius 2 is 2.20 bits per heavy atom. The summed E-state index contributed by atoms with van der Waals surface area (Å²) in [5.74, 6) is 0.897. The lowest BCUT2D eigenvalue weighted by Gasteiger charge is -2.22. The van der Waals surface area contributed by atoms with Crippen molar-refractivity contribution in [3.8, 4) is 11.5 Å². The van der Waals surface area contributed by atoms with Crippen molar-refractivity contribution in [3.05, 3.63) is 30.1 Å². The molecule has 0 radical (unpaired) electrons. The Morgan fingerprint density at radius 1 is 1.40 bits per heavy atom. The van der Waals surface area contributed by atoms with Gasteiger partial charge < -0.3 is 20.1 Å². The predicted octanol–water partition coefficient (Wildman–Crippen LogP) is 1.86. The maximum atomic E-state index is 12.5. The van der Waals surface area contributed by atoms with Crippen LogP contribution in [0.1, 0.15) is 36.3 Å². The van der Waals surface area contributed by atoms with E-state index < -0.39 is 0 Å². The summed E-state index contributed by atoms with van der Waals surface area (Å²) < 4.78 is 12.6. The molecule has 0 spiro atoms. The van der Waals surface area contributed by atoms with Gasteiger partial charge in [0.2, 0.25) is 0 Å². The molecule has 0 aliphatic carbocycles. The minimum absolute atomic E-state index is 0.281. The molecule has 25 heavy (non-hydrogen) atoms. The molecule has 2 heterocycles. The van der Waals surface area contributed by atoms with Crippen molar-refractivity contribution < 1.29 is 14.3 Å². The Morgan fingerprint density at radius 3 is 2.92 bits per heavy atom. The molecular weight excluding hydrogens is 322 g/mol. The second-order valence-electron chi connectivity index (χ2n) is 5.81. The zero-order valence-corrected chi connectivity index (χ0v) is 14.5. The molecule has 3 rings (SSSR count). The standard InChI is InChI=1S/C17H23N5O3/c1-3-25-16-5-4-13(24-2)10-14(16)19-17(23)15-11-22(21-20-15)12-6-8-18-9-7-12/h4-5,10-12,18H,3,6-9H2,1-2H3,(H,19,23). The van der Waals surface area contributed by atoms with Gasteiger partial charge in [0.15, 0.2) is 5.69 Å². The lowest BCUT2D eigenvalue weighted by atomic mass is 10.1. The summed E-state index contributed by atoms with van der Waals surface area (Å²) in [4.78, 5) is 12.5. The van der Waals surface area contributed by atoms with Gasteiger partial charge in [-0.05, 0) is 45.0 Å². The molecule has 0 unspecified atom stereocenters. The number of methoxy groups -OCH3 is 1. The second-order valence-corrected chi connectivity index (χ2v) is 5.81. The number of nitrogens with one attached hydrogen (secondary N) is 2. The number of rotatable bonds is 6. The SMILES string of the molecule is CCOc1ccc(OC)cc1NC(=O)c1cn(C2CCNCC2)nn1. The third-order valence-electron chi connectivity index (χ3n) is 4.16. The number of anilines is 1. The molecule has 1 saturated heterocycles. The first-order valence-electron chi connectivity index (χ1n) is 8.46. The van der Waals surface area contributed by atoms with E-state index in [0.717, 1.165) is 25.9 Å². The maximum Gasteiger partial charge on any atom is 0.277 e. The van der Waals surface area contributed by atoms with Crippen molar-refractivity contribution in [1.82, 2.24) is 20.3 Å². The third-order valence-corrected chi connectivity index (χ3v) is 4.16. The fourth-order valence-corrected chi connectivity index (χ4v) is 2.83. The summed E-state index contributed by atoms with van der Waals surface area (Å²) in [5.41, 5.74) is 0.825. The number of amides is 1. The molecule has 0 atom stereocenters. The van der Waals surface area contributed by atoms with Gasteiger partial charge in [-0.1, -0.05) is 5.21 Å². The molecule has 1 fully saturated rings. The number of benzene rings is 1. The van der Waals surface area contributed by atoms with Gasteiger partial charge in [-0.3, -0.25) is 4.79 Å². The highest BCUT2D eigenvalue weighted by Crippen LogP contribution is 2.29. The topological polar surface area (TPSA) is 90.3 Å². The third kappa shape index (κ3) is 4.08. The summed E-state index contributed by atoms with van der Waals surface area (Å²) in [6.45, 7) is 4.29. The molecule has 0 saturated carbocycles. The van der Waals surface area contributed by atoms with E-state index in [-0.39, 0.29) is 17.6 Å². The first kappa shape index (κ1) is 17.2. The largest absolute Gasteiger partial charge is 0.497 e. The summed E-state index contributed by atoms with van der Waals surface area (Å²) in [5, 5.41) is 14.3. The van der Waals surface area contributed by atoms with E-state index in [0.29, 0.717) is 23.8 Å². The zero-order valence-electron chi connectivity index (χ0n) is 14.5. The van der Waals surface area contributed by atoms with Crippen LogP contribution in [0.4, 0.5) is 5.69 Å². The molecule has 2 aromatic rings. The van der Waals surface area contributed by atoms with Crippen LogP contribution in [0.25, 0.3) is 0 Å². The molecule has 8 nitrogen and oxygen atoms in total. The average Bonchev–Trinajstić information content (AvgIpc) is 3.14. The number of ether oxygens (including phenoxy) is 2. The van der Waals surface area contributed by atoms with Gasteiger partial charge in [-0.25, -0.2) is 4.68 Å². The Kier molecular flexibility index (Phi) is 5.49. The number of nitrogens with zero attached hydrogens (tertiary/aromatic N) is 3. The highest BCUT2D eigenvalue weighted by Gasteiger charge is 2.19. The second kappa shape index (κ2) is 7.98. The van der Waals surface area contributed by atoms with E-state index in [2.05, 4.69) is 20.9 Å². The Balaban J connectivity index is 1.74. The first-order valence-corrected chi connectivity index (χ1v) is 8.46. The van der Waals surface area contributed by atoms with E-state index in [1.807, 2.05) is 6.92 Å². The minimum atomic E-state index is -0.325. The fourth-order valence-electron chi connectivity index (χ4n) is 2.83. The van der Waals surface area contributed by atoms with Gasteiger partial charge in [0, 0.05) is 6.07 Å². The van der Waals surface area contributed by atoms with Crippen LogP contribution >= 0.6 is 0 Å². The fraction of sp³-hybridized carbons (Fsp3) is 0.471. The number of carbonyl (C=O) groups excluding carboxylic acids is 1. The summed E-state index contributed by atoms with van der Waals surface area (Å²) in [7, 11) is 1.58. The molecule has 2 N–H and O–H groups in total. The summed E-state index contributed by atoms with van der Waals surface area (Å²) in [6, 6.07) is 5.56. The molecule has 1 amide bonds. The molecular formula is C17H23N5O3. The number of carbonyl (C=O) groups is 1. The van der Waals surface area contributed by atoms with Crippen LogP contribution < -0.4 is 20.1 Å². The zero-order chi connectivity index (χ0) is 17.6. The van der Waals surface area contributed by atoms with Crippen LogP contribution in [0.5, 0.6) is 11.5 Å². The lowest BCUT2D eigenvalue weighted by Crippen LogP contribution is -2.29. The quantitative estimate of drug-likeness (QED) is 0.830. The van der Waals surface area contributed by atoms with E-state index in [1.165, 1.54) is 0 Å². The van der Waals surface area contributed by atoms with Crippen LogP contribution in [0.2, 0.25) is 0 Å². The number of hydrogen-bond acceptors (Lipinski definition) is 6. The van der Waals surface area contributed by atoms with Crippen molar-refractivity contribution in [2.24, 2.45) is 0 Å². The van der Waals surface area contributed by atoms with Gasteiger partial charge in [0.05, 0.1) is 31.6 Å². The van der Waals surface area contributed by atoms with Gasteiger partial charge >= 0.3 is 0 Å². The van der Waals surface area contributed by atoms with Crippen LogP contribution in [0.3, 0.4) is 0 Å². The molecule has 134 valence electrons. The molecule has 1 aromatic carbocycles. The predicted molar refractivity (Wildman–Crippen MR) is 93.3 cm³/mol. The number of aromatic nitrogens is 3. The van der Waals surface area contributed by atoms with Crippen LogP contribution in [0, 0.1) is 0 Å². The maximum absolute atomic E-state index is 12.5. The smallest absolute Gasteiger partial charge is 0.277 e. The van der Waals surface area contributed by atoms with E-state index in [4.69, 9.17) is 9.47 Å². The molecule has 0 bridgehead atoms. The summed E-state index contributed by atoms with van der Waals surface area (Å²) >= 11 is 0. The lowest BCUT2D eigenvalue weighted by molar-refractivity contribution is 0.102. The van der Waals surface area contributed by atoms with E-state index in [9.17, 15) is 4.79 Å². The van der Waals surface area contributed by atoms with Crippen molar-refractivity contribution in [1.29, 1.82) is 0 Å².